The lowest BCUT2D eigenvalue weighted by Gasteiger charge is -2.37. The van der Waals surface area contributed by atoms with Gasteiger partial charge >= 0.3 is 0 Å². The molecular formula is C17H22F2N6O. The molecule has 3 heterocycles. The molecule has 7 nitrogen and oxygen atoms in total. The minimum atomic E-state index is -2.76. The summed E-state index contributed by atoms with van der Waals surface area (Å²) in [5.41, 5.74) is 0.430. The van der Waals surface area contributed by atoms with Gasteiger partial charge in [-0.2, -0.15) is 5.10 Å². The number of hydrogen-bond acceptors (Lipinski definition) is 5. The summed E-state index contributed by atoms with van der Waals surface area (Å²) in [6.07, 6.45) is 1.63. The van der Waals surface area contributed by atoms with E-state index < -0.39 is 12.1 Å². The smallest absolute Gasteiger partial charge is 0.282 e. The lowest BCUT2D eigenvalue weighted by Crippen LogP contribution is -2.46. The van der Waals surface area contributed by atoms with Gasteiger partial charge in [0.25, 0.3) is 12.3 Å². The number of amides is 1. The van der Waals surface area contributed by atoms with Crippen LogP contribution in [0.4, 0.5) is 14.6 Å². The third kappa shape index (κ3) is 3.66. The van der Waals surface area contributed by atoms with Gasteiger partial charge in [-0.1, -0.05) is 0 Å². The maximum atomic E-state index is 13.1. The van der Waals surface area contributed by atoms with Gasteiger partial charge < -0.3 is 9.80 Å². The highest BCUT2D eigenvalue weighted by Crippen LogP contribution is 2.25. The molecule has 26 heavy (non-hydrogen) atoms. The molecule has 3 rings (SSSR count). The second-order valence-electron chi connectivity index (χ2n) is 6.55. The second-order valence-corrected chi connectivity index (χ2v) is 6.55. The van der Waals surface area contributed by atoms with Crippen LogP contribution >= 0.6 is 0 Å². The van der Waals surface area contributed by atoms with Gasteiger partial charge in [-0.3, -0.25) is 9.48 Å². The highest BCUT2D eigenvalue weighted by molar-refractivity contribution is 5.95. The van der Waals surface area contributed by atoms with Crippen molar-refractivity contribution in [2.45, 2.75) is 32.2 Å². The molecule has 2 aromatic heterocycles. The van der Waals surface area contributed by atoms with Crippen molar-refractivity contribution in [2.75, 3.05) is 25.0 Å². The van der Waals surface area contributed by atoms with Crippen molar-refractivity contribution in [2.24, 2.45) is 7.05 Å². The zero-order valence-corrected chi connectivity index (χ0v) is 15.1. The summed E-state index contributed by atoms with van der Waals surface area (Å²) in [5.74, 6) is 0.460. The first-order valence-electron chi connectivity index (χ1n) is 8.49. The molecule has 1 aliphatic heterocycles. The van der Waals surface area contributed by atoms with Crippen molar-refractivity contribution in [1.29, 1.82) is 0 Å². The molecule has 140 valence electrons. The SMILES string of the molecule is Cc1cc(N(C)C2CCN(C(=O)c3cn(C)nc3C(F)F)CC2)ncn1. The average Bonchev–Trinajstić information content (AvgIpc) is 3.03. The molecule has 0 bridgehead atoms. The van der Waals surface area contributed by atoms with Crippen molar-refractivity contribution < 1.29 is 13.6 Å². The molecule has 1 aliphatic rings. The van der Waals surface area contributed by atoms with Crippen molar-refractivity contribution in [3.8, 4) is 0 Å². The molecule has 0 saturated carbocycles. The highest BCUT2D eigenvalue weighted by atomic mass is 19.3. The topological polar surface area (TPSA) is 67.2 Å². The van der Waals surface area contributed by atoms with Crippen molar-refractivity contribution in [3.05, 3.63) is 35.5 Å². The summed E-state index contributed by atoms with van der Waals surface area (Å²) in [6, 6.07) is 2.15. The Morgan fingerprint density at radius 1 is 1.31 bits per heavy atom. The molecule has 2 aromatic rings. The lowest BCUT2D eigenvalue weighted by atomic mass is 10.0. The number of rotatable bonds is 4. The Morgan fingerprint density at radius 2 is 2.00 bits per heavy atom. The van der Waals surface area contributed by atoms with Crippen LogP contribution in [-0.4, -0.2) is 56.7 Å². The summed E-state index contributed by atoms with van der Waals surface area (Å²) < 4.78 is 27.4. The molecular weight excluding hydrogens is 342 g/mol. The van der Waals surface area contributed by atoms with Crippen LogP contribution in [0.5, 0.6) is 0 Å². The first-order valence-corrected chi connectivity index (χ1v) is 8.49. The number of likely N-dealkylation sites (tertiary alicyclic amines) is 1. The van der Waals surface area contributed by atoms with Crippen molar-refractivity contribution >= 4 is 11.7 Å². The first-order chi connectivity index (χ1) is 12.4. The van der Waals surface area contributed by atoms with E-state index in [2.05, 4.69) is 20.0 Å². The average molecular weight is 364 g/mol. The number of halogens is 2. The molecule has 0 aliphatic carbocycles. The third-order valence-electron chi connectivity index (χ3n) is 4.74. The Morgan fingerprint density at radius 3 is 2.62 bits per heavy atom. The summed E-state index contributed by atoms with van der Waals surface area (Å²) in [7, 11) is 3.51. The molecule has 0 atom stereocenters. The Balaban J connectivity index is 1.66. The maximum Gasteiger partial charge on any atom is 0.282 e. The Labute approximate surface area is 150 Å². The summed E-state index contributed by atoms with van der Waals surface area (Å²) in [5, 5.41) is 3.71. The van der Waals surface area contributed by atoms with E-state index >= 15 is 0 Å². The van der Waals surface area contributed by atoms with Crippen LogP contribution in [0.15, 0.2) is 18.6 Å². The van der Waals surface area contributed by atoms with Gasteiger partial charge in [0.15, 0.2) is 0 Å². The molecule has 9 heteroatoms. The highest BCUT2D eigenvalue weighted by Gasteiger charge is 2.30. The van der Waals surface area contributed by atoms with E-state index in [0.717, 1.165) is 24.4 Å². The van der Waals surface area contributed by atoms with Crippen molar-refractivity contribution in [1.82, 2.24) is 24.6 Å². The number of anilines is 1. The number of piperidine rings is 1. The quantitative estimate of drug-likeness (QED) is 0.832. The molecule has 0 aromatic carbocycles. The van der Waals surface area contributed by atoms with Crippen LogP contribution < -0.4 is 4.90 Å². The predicted octanol–water partition coefficient (Wildman–Crippen LogP) is 2.20. The number of nitrogens with zero attached hydrogens (tertiary/aromatic N) is 6. The molecule has 0 unspecified atom stereocenters. The minimum absolute atomic E-state index is 0.0132. The fourth-order valence-electron chi connectivity index (χ4n) is 3.28. The molecule has 0 spiro atoms. The number of alkyl halides is 2. The van der Waals surface area contributed by atoms with Gasteiger partial charge in [0.2, 0.25) is 0 Å². The van der Waals surface area contributed by atoms with E-state index in [1.54, 1.807) is 4.90 Å². The van der Waals surface area contributed by atoms with Gasteiger partial charge in [-0.05, 0) is 19.8 Å². The number of aryl methyl sites for hydroxylation is 2. The van der Waals surface area contributed by atoms with Gasteiger partial charge in [0, 0.05) is 51.2 Å². The van der Waals surface area contributed by atoms with Gasteiger partial charge in [-0.15, -0.1) is 0 Å². The fraction of sp³-hybridized carbons (Fsp3) is 0.529. The summed E-state index contributed by atoms with van der Waals surface area (Å²) >= 11 is 0. The summed E-state index contributed by atoms with van der Waals surface area (Å²) in [4.78, 5) is 24.7. The molecule has 1 amide bonds. The Kier molecular flexibility index (Phi) is 5.15. The monoisotopic (exact) mass is 364 g/mol. The molecule has 0 radical (unpaired) electrons. The number of hydrogen-bond donors (Lipinski definition) is 0. The molecule has 0 N–H and O–H groups in total. The lowest BCUT2D eigenvalue weighted by molar-refractivity contribution is 0.0701. The largest absolute Gasteiger partial charge is 0.356 e. The van der Waals surface area contributed by atoms with E-state index in [1.807, 2.05) is 20.0 Å². The van der Waals surface area contributed by atoms with E-state index in [1.165, 1.54) is 24.3 Å². The summed E-state index contributed by atoms with van der Waals surface area (Å²) in [6.45, 7) is 2.93. The van der Waals surface area contributed by atoms with E-state index in [9.17, 15) is 13.6 Å². The minimum Gasteiger partial charge on any atom is -0.356 e. The zero-order chi connectivity index (χ0) is 18.8. The zero-order valence-electron chi connectivity index (χ0n) is 15.1. The Bertz CT molecular complexity index is 785. The third-order valence-corrected chi connectivity index (χ3v) is 4.74. The van der Waals surface area contributed by atoms with E-state index in [4.69, 9.17) is 0 Å². The number of carbonyl (C=O) groups is 1. The molecule has 1 fully saturated rings. The predicted molar refractivity (Wildman–Crippen MR) is 92.3 cm³/mol. The number of carbonyl (C=O) groups excluding carboxylic acids is 1. The van der Waals surface area contributed by atoms with Crippen LogP contribution in [0.2, 0.25) is 0 Å². The van der Waals surface area contributed by atoms with Gasteiger partial charge in [-0.25, -0.2) is 18.7 Å². The number of aromatic nitrogens is 4. The van der Waals surface area contributed by atoms with Gasteiger partial charge in [0.1, 0.15) is 17.8 Å². The first kappa shape index (κ1) is 18.2. The van der Waals surface area contributed by atoms with E-state index in [-0.39, 0.29) is 17.5 Å². The van der Waals surface area contributed by atoms with Crippen LogP contribution in [0.3, 0.4) is 0 Å². The van der Waals surface area contributed by atoms with Crippen LogP contribution in [0.25, 0.3) is 0 Å². The van der Waals surface area contributed by atoms with Gasteiger partial charge in [0.05, 0.1) is 5.56 Å². The maximum absolute atomic E-state index is 13.1. The van der Waals surface area contributed by atoms with E-state index in [0.29, 0.717) is 13.1 Å². The van der Waals surface area contributed by atoms with Crippen LogP contribution in [-0.2, 0) is 7.05 Å². The van der Waals surface area contributed by atoms with Crippen molar-refractivity contribution in [3.63, 3.8) is 0 Å². The van der Waals surface area contributed by atoms with Crippen LogP contribution in [0, 0.1) is 6.92 Å². The molecule has 1 saturated heterocycles. The second kappa shape index (κ2) is 7.35. The normalized spacial score (nSPS) is 15.5. The Hall–Kier alpha value is -2.58. The fourth-order valence-corrected chi connectivity index (χ4v) is 3.28. The standard InChI is InChI=1S/C17H22F2N6O/c1-11-8-14(21-10-20-11)24(3)12-4-6-25(7-5-12)17(26)13-9-23(2)22-15(13)16(18)19/h8-10,12,16H,4-7H2,1-3H3. The van der Waals surface area contributed by atoms with Crippen LogP contribution in [0.1, 0.15) is 41.0 Å².